The molecule has 28 heavy (non-hydrogen) atoms. The first-order chi connectivity index (χ1) is 13.5. The van der Waals surface area contributed by atoms with E-state index in [2.05, 4.69) is 24.5 Å². The van der Waals surface area contributed by atoms with Crippen LogP contribution in [0.2, 0.25) is 5.02 Å². The van der Waals surface area contributed by atoms with Crippen LogP contribution in [-0.4, -0.2) is 30.0 Å². The number of halogens is 1. The van der Waals surface area contributed by atoms with Crippen LogP contribution >= 0.6 is 11.6 Å². The van der Waals surface area contributed by atoms with Gasteiger partial charge in [0, 0.05) is 17.6 Å². The molecular formula is C24H32ClNO2. The van der Waals surface area contributed by atoms with Gasteiger partial charge in [0.2, 0.25) is 0 Å². The number of benzene rings is 1. The Morgan fingerprint density at radius 3 is 2.50 bits per heavy atom. The Kier molecular flexibility index (Phi) is 7.61. The molecule has 0 aromatic heterocycles. The molecule has 1 aromatic carbocycles. The number of rotatable bonds is 7. The van der Waals surface area contributed by atoms with Crippen molar-refractivity contribution in [1.29, 1.82) is 0 Å². The number of carbonyl (C=O) groups excluding carboxylic acids is 1. The topological polar surface area (TPSA) is 29.5 Å². The van der Waals surface area contributed by atoms with E-state index in [4.69, 9.17) is 16.3 Å². The van der Waals surface area contributed by atoms with Crippen LogP contribution in [0.25, 0.3) is 0 Å². The summed E-state index contributed by atoms with van der Waals surface area (Å²) in [5, 5.41) is 0.666. The molecule has 3 rings (SSSR count). The average molecular weight is 402 g/mol. The smallest absolute Gasteiger partial charge is 0.261 e. The second kappa shape index (κ2) is 10.2. The third-order valence-electron chi connectivity index (χ3n) is 6.09. The summed E-state index contributed by atoms with van der Waals surface area (Å²) in [4.78, 5) is 15.1. The molecule has 1 saturated carbocycles. The van der Waals surface area contributed by atoms with E-state index in [-0.39, 0.29) is 12.5 Å². The summed E-state index contributed by atoms with van der Waals surface area (Å²) in [6, 6.07) is 7.52. The summed E-state index contributed by atoms with van der Waals surface area (Å²) in [5.41, 5.74) is 2.66. The van der Waals surface area contributed by atoms with Gasteiger partial charge < -0.3 is 9.64 Å². The molecule has 0 radical (unpaired) electrons. The zero-order valence-corrected chi connectivity index (χ0v) is 17.7. The summed E-state index contributed by atoms with van der Waals surface area (Å²) >= 11 is 5.92. The molecule has 3 nitrogen and oxygen atoms in total. The Balaban J connectivity index is 1.63. The standard InChI is InChI=1S/C24H32ClNO2/c1-18(2)20-10-8-19(9-11-20)16-26(22-6-4-3-5-7-22)24(27)17-28-23-14-12-21(25)13-15-23/h8,12-15,20,22H,1,3-7,9-11,16-17H2,2H3. The average Bonchev–Trinajstić information content (AvgIpc) is 2.72. The van der Waals surface area contributed by atoms with Gasteiger partial charge in [0.25, 0.3) is 5.91 Å². The van der Waals surface area contributed by atoms with Crippen molar-refractivity contribution in [2.24, 2.45) is 5.92 Å². The monoisotopic (exact) mass is 401 g/mol. The Labute approximate surface area is 174 Å². The largest absolute Gasteiger partial charge is 0.484 e. The van der Waals surface area contributed by atoms with Crippen molar-refractivity contribution in [2.45, 2.75) is 64.3 Å². The van der Waals surface area contributed by atoms with Gasteiger partial charge in [-0.15, -0.1) is 0 Å². The Morgan fingerprint density at radius 2 is 1.89 bits per heavy atom. The third kappa shape index (κ3) is 5.88. The Morgan fingerprint density at radius 1 is 1.18 bits per heavy atom. The fraction of sp³-hybridized carbons (Fsp3) is 0.542. The summed E-state index contributed by atoms with van der Waals surface area (Å²) in [6.07, 6.45) is 11.5. The van der Waals surface area contributed by atoms with E-state index in [1.165, 1.54) is 30.4 Å². The van der Waals surface area contributed by atoms with Crippen LogP contribution in [-0.2, 0) is 4.79 Å². The lowest BCUT2D eigenvalue weighted by molar-refractivity contribution is -0.135. The van der Waals surface area contributed by atoms with Crippen LogP contribution in [0.5, 0.6) is 5.75 Å². The van der Waals surface area contributed by atoms with Gasteiger partial charge in [0.05, 0.1) is 0 Å². The maximum atomic E-state index is 13.1. The first kappa shape index (κ1) is 21.0. The van der Waals surface area contributed by atoms with Crippen molar-refractivity contribution in [3.8, 4) is 5.75 Å². The summed E-state index contributed by atoms with van der Waals surface area (Å²) in [6.45, 7) is 7.06. The molecule has 1 aromatic rings. The third-order valence-corrected chi connectivity index (χ3v) is 6.34. The number of nitrogens with zero attached hydrogens (tertiary/aromatic N) is 1. The SMILES string of the molecule is C=C(C)C1CC=C(CN(C(=O)COc2ccc(Cl)cc2)C2CCCCC2)CC1. The van der Waals surface area contributed by atoms with E-state index in [9.17, 15) is 4.79 Å². The fourth-order valence-corrected chi connectivity index (χ4v) is 4.40. The van der Waals surface area contributed by atoms with Crippen molar-refractivity contribution in [2.75, 3.05) is 13.2 Å². The molecule has 1 fully saturated rings. The molecule has 2 aliphatic rings. The summed E-state index contributed by atoms with van der Waals surface area (Å²) in [5.74, 6) is 1.36. The van der Waals surface area contributed by atoms with Gasteiger partial charge >= 0.3 is 0 Å². The fourth-order valence-electron chi connectivity index (χ4n) is 4.27. The van der Waals surface area contributed by atoms with Crippen molar-refractivity contribution in [3.05, 3.63) is 53.1 Å². The number of ether oxygens (including phenoxy) is 1. The predicted octanol–water partition coefficient (Wildman–Crippen LogP) is 6.18. The Bertz CT molecular complexity index is 704. The van der Waals surface area contributed by atoms with Gasteiger partial charge in [-0.25, -0.2) is 0 Å². The van der Waals surface area contributed by atoms with E-state index < -0.39 is 0 Å². The second-order valence-corrected chi connectivity index (χ2v) is 8.67. The first-order valence-corrected chi connectivity index (χ1v) is 10.9. The van der Waals surface area contributed by atoms with Gasteiger partial charge in [-0.05, 0) is 69.2 Å². The second-order valence-electron chi connectivity index (χ2n) is 8.24. The molecule has 0 spiro atoms. The molecular weight excluding hydrogens is 370 g/mol. The lowest BCUT2D eigenvalue weighted by Crippen LogP contribution is -2.45. The summed E-state index contributed by atoms with van der Waals surface area (Å²) in [7, 11) is 0. The number of amides is 1. The highest BCUT2D eigenvalue weighted by Gasteiger charge is 2.27. The Hall–Kier alpha value is -1.74. The maximum absolute atomic E-state index is 13.1. The van der Waals surface area contributed by atoms with E-state index in [1.807, 2.05) is 12.1 Å². The van der Waals surface area contributed by atoms with Gasteiger partial charge in [-0.2, -0.15) is 0 Å². The highest BCUT2D eigenvalue weighted by Crippen LogP contribution is 2.30. The first-order valence-electron chi connectivity index (χ1n) is 10.5. The van der Waals surface area contributed by atoms with Crippen LogP contribution < -0.4 is 4.74 Å². The molecule has 2 aliphatic carbocycles. The normalized spacial score (nSPS) is 20.4. The van der Waals surface area contributed by atoms with Crippen LogP contribution in [0.15, 0.2) is 48.1 Å². The number of carbonyl (C=O) groups is 1. The minimum atomic E-state index is 0.0831. The van der Waals surface area contributed by atoms with E-state index >= 15 is 0 Å². The zero-order chi connectivity index (χ0) is 19.9. The molecule has 0 N–H and O–H groups in total. The molecule has 0 bridgehead atoms. The lowest BCUT2D eigenvalue weighted by Gasteiger charge is -2.36. The predicted molar refractivity (Wildman–Crippen MR) is 116 cm³/mol. The van der Waals surface area contributed by atoms with Crippen LogP contribution in [0.4, 0.5) is 0 Å². The molecule has 1 amide bonds. The minimum Gasteiger partial charge on any atom is -0.484 e. The highest BCUT2D eigenvalue weighted by molar-refractivity contribution is 6.30. The van der Waals surface area contributed by atoms with Gasteiger partial charge in [-0.1, -0.05) is 54.7 Å². The van der Waals surface area contributed by atoms with Gasteiger partial charge in [0.1, 0.15) is 5.75 Å². The van der Waals surface area contributed by atoms with Crippen molar-refractivity contribution < 1.29 is 9.53 Å². The highest BCUT2D eigenvalue weighted by atomic mass is 35.5. The summed E-state index contributed by atoms with van der Waals surface area (Å²) < 4.78 is 5.75. The van der Waals surface area contributed by atoms with Crippen LogP contribution in [0, 0.1) is 5.92 Å². The van der Waals surface area contributed by atoms with Gasteiger partial charge in [0.15, 0.2) is 6.61 Å². The maximum Gasteiger partial charge on any atom is 0.261 e. The number of hydrogen-bond donors (Lipinski definition) is 0. The molecule has 1 unspecified atom stereocenters. The molecule has 4 heteroatoms. The lowest BCUT2D eigenvalue weighted by atomic mass is 9.85. The quantitative estimate of drug-likeness (QED) is 0.510. The molecule has 152 valence electrons. The van der Waals surface area contributed by atoms with Gasteiger partial charge in [-0.3, -0.25) is 4.79 Å². The molecule has 0 aliphatic heterocycles. The zero-order valence-electron chi connectivity index (χ0n) is 17.0. The number of allylic oxidation sites excluding steroid dienone is 2. The van der Waals surface area contributed by atoms with E-state index in [0.29, 0.717) is 22.7 Å². The van der Waals surface area contributed by atoms with E-state index in [1.54, 1.807) is 12.1 Å². The number of hydrogen-bond acceptors (Lipinski definition) is 2. The van der Waals surface area contributed by atoms with Crippen molar-refractivity contribution >= 4 is 17.5 Å². The molecule has 1 atom stereocenters. The van der Waals surface area contributed by atoms with E-state index in [0.717, 1.165) is 38.6 Å². The molecule has 0 saturated heterocycles. The minimum absolute atomic E-state index is 0.0831. The van der Waals surface area contributed by atoms with Crippen molar-refractivity contribution in [3.63, 3.8) is 0 Å². The van der Waals surface area contributed by atoms with Crippen molar-refractivity contribution in [1.82, 2.24) is 4.90 Å². The van der Waals surface area contributed by atoms with Crippen LogP contribution in [0.1, 0.15) is 58.3 Å². The molecule has 0 heterocycles. The van der Waals surface area contributed by atoms with Crippen LogP contribution in [0.3, 0.4) is 0 Å².